The van der Waals surface area contributed by atoms with Gasteiger partial charge in [-0.05, 0) is 19.1 Å². The summed E-state index contributed by atoms with van der Waals surface area (Å²) in [6.07, 6.45) is -2.13. The van der Waals surface area contributed by atoms with Crippen molar-refractivity contribution in [2.75, 3.05) is 13.7 Å². The van der Waals surface area contributed by atoms with Crippen molar-refractivity contribution in [3.8, 4) is 11.5 Å². The maximum absolute atomic E-state index is 13.9. The molecule has 0 bridgehead atoms. The summed E-state index contributed by atoms with van der Waals surface area (Å²) in [7, 11) is 1.33. The Hall–Kier alpha value is -1.24. The molecule has 2 atom stereocenters. The molecule has 0 fully saturated rings. The monoisotopic (exact) mass is 327 g/mol. The fourth-order valence-electron chi connectivity index (χ4n) is 1.58. The molecule has 1 unspecified atom stereocenters. The number of esters is 1. The molecule has 0 aliphatic carbocycles. The van der Waals surface area contributed by atoms with Gasteiger partial charge in [-0.1, -0.05) is 11.6 Å². The molecule has 0 radical (unpaired) electrons. The van der Waals surface area contributed by atoms with Crippen molar-refractivity contribution in [2.45, 2.75) is 19.1 Å². The van der Waals surface area contributed by atoms with Gasteiger partial charge in [-0.2, -0.15) is 0 Å². The number of carbonyl (C=O) groups excluding carboxylic acids is 1. The molecule has 3 N–H and O–H groups in total. The number of carbonyl (C=O) groups is 1. The van der Waals surface area contributed by atoms with Gasteiger partial charge in [0.25, 0.3) is 0 Å². The van der Waals surface area contributed by atoms with Gasteiger partial charge in [0.1, 0.15) is 11.5 Å². The van der Waals surface area contributed by atoms with Gasteiger partial charge in [0.05, 0.1) is 30.3 Å². The Balaban J connectivity index is 0.00000361. The second-order valence-corrected chi connectivity index (χ2v) is 4.10. The highest BCUT2D eigenvalue weighted by Crippen LogP contribution is 2.39. The van der Waals surface area contributed by atoms with Crippen LogP contribution in [0.2, 0.25) is 5.02 Å². The predicted molar refractivity (Wildman–Crippen MR) is 75.4 cm³/mol. The Morgan fingerprint density at radius 3 is 2.65 bits per heavy atom. The van der Waals surface area contributed by atoms with Gasteiger partial charge < -0.3 is 20.3 Å². The van der Waals surface area contributed by atoms with Crippen molar-refractivity contribution in [1.29, 1.82) is 0 Å². The first-order valence-corrected chi connectivity index (χ1v) is 5.93. The number of ether oxygens (including phenoxy) is 2. The molecule has 1 rings (SSSR count). The number of rotatable bonds is 5. The zero-order valence-electron chi connectivity index (χ0n) is 10.9. The number of methoxy groups -OCH3 is 1. The van der Waals surface area contributed by atoms with Crippen LogP contribution in [0.5, 0.6) is 11.5 Å². The van der Waals surface area contributed by atoms with E-state index in [-0.39, 0.29) is 35.3 Å². The van der Waals surface area contributed by atoms with E-state index in [4.69, 9.17) is 22.1 Å². The zero-order valence-corrected chi connectivity index (χ0v) is 12.5. The molecule has 0 aliphatic heterocycles. The Kier molecular flexibility index (Phi) is 7.63. The predicted octanol–water partition coefficient (Wildman–Crippen LogP) is 2.38. The number of halogens is 3. The van der Waals surface area contributed by atoms with Crippen LogP contribution in [0.4, 0.5) is 4.39 Å². The van der Waals surface area contributed by atoms with Gasteiger partial charge in [0.2, 0.25) is 6.17 Å². The van der Waals surface area contributed by atoms with Gasteiger partial charge in [-0.15, -0.1) is 12.4 Å². The van der Waals surface area contributed by atoms with Crippen molar-refractivity contribution in [3.63, 3.8) is 0 Å². The van der Waals surface area contributed by atoms with Crippen LogP contribution in [-0.4, -0.2) is 31.0 Å². The lowest BCUT2D eigenvalue weighted by Crippen LogP contribution is -2.31. The zero-order chi connectivity index (χ0) is 14.6. The third-order valence-electron chi connectivity index (χ3n) is 2.51. The Morgan fingerprint density at radius 2 is 2.15 bits per heavy atom. The van der Waals surface area contributed by atoms with Crippen molar-refractivity contribution in [3.05, 3.63) is 22.7 Å². The summed E-state index contributed by atoms with van der Waals surface area (Å²) in [4.78, 5) is 11.3. The van der Waals surface area contributed by atoms with Crippen molar-refractivity contribution >= 4 is 30.0 Å². The fourth-order valence-corrected chi connectivity index (χ4v) is 1.74. The van der Waals surface area contributed by atoms with Gasteiger partial charge in [-0.3, -0.25) is 0 Å². The van der Waals surface area contributed by atoms with Gasteiger partial charge in [0.15, 0.2) is 0 Å². The molecule has 1 aromatic carbocycles. The highest BCUT2D eigenvalue weighted by Gasteiger charge is 2.32. The van der Waals surface area contributed by atoms with Crippen molar-refractivity contribution in [1.82, 2.24) is 0 Å². The van der Waals surface area contributed by atoms with E-state index >= 15 is 0 Å². The summed E-state index contributed by atoms with van der Waals surface area (Å²) in [6, 6.07) is 1.37. The molecule has 20 heavy (non-hydrogen) atoms. The number of nitrogens with two attached hydrogens (primary N) is 1. The van der Waals surface area contributed by atoms with Crippen LogP contribution < -0.4 is 10.5 Å². The Morgan fingerprint density at radius 1 is 1.55 bits per heavy atom. The van der Waals surface area contributed by atoms with Crippen LogP contribution in [0, 0.1) is 0 Å². The van der Waals surface area contributed by atoms with Crippen LogP contribution >= 0.6 is 24.0 Å². The molecule has 0 saturated heterocycles. The largest absolute Gasteiger partial charge is 0.506 e. The van der Waals surface area contributed by atoms with Gasteiger partial charge in [-0.25, -0.2) is 9.18 Å². The second-order valence-electron chi connectivity index (χ2n) is 3.69. The Labute approximate surface area is 127 Å². The van der Waals surface area contributed by atoms with Crippen molar-refractivity contribution in [2.24, 2.45) is 5.73 Å². The Bertz CT molecular complexity index is 473. The molecule has 114 valence electrons. The number of hydrogen-bond acceptors (Lipinski definition) is 5. The maximum Gasteiger partial charge on any atom is 0.342 e. The molecule has 0 heterocycles. The third-order valence-corrected chi connectivity index (χ3v) is 2.81. The number of aromatic hydroxyl groups is 1. The number of phenols is 1. The van der Waals surface area contributed by atoms with Crippen LogP contribution in [0.25, 0.3) is 0 Å². The minimum atomic E-state index is -2.13. The summed E-state index contributed by atoms with van der Waals surface area (Å²) in [5.41, 5.74) is 5.57. The van der Waals surface area contributed by atoms with E-state index in [2.05, 4.69) is 4.74 Å². The van der Waals surface area contributed by atoms with Gasteiger partial charge >= 0.3 is 5.97 Å². The van der Waals surface area contributed by atoms with Gasteiger partial charge in [0, 0.05) is 0 Å². The summed E-state index contributed by atoms with van der Waals surface area (Å²) in [5, 5.41) is 9.82. The van der Waals surface area contributed by atoms with Crippen LogP contribution in [0.15, 0.2) is 12.1 Å². The van der Waals surface area contributed by atoms with E-state index in [1.807, 2.05) is 0 Å². The molecule has 0 aliphatic rings. The number of phenolic OH excluding ortho intramolecular Hbond substituents is 1. The van der Waals surface area contributed by atoms with Crippen LogP contribution in [0.1, 0.15) is 18.5 Å². The quantitative estimate of drug-likeness (QED) is 0.811. The van der Waals surface area contributed by atoms with E-state index in [1.165, 1.54) is 19.2 Å². The summed E-state index contributed by atoms with van der Waals surface area (Å²) >= 11 is 5.73. The lowest BCUT2D eigenvalue weighted by atomic mass is 10.0. The molecule has 0 spiro atoms. The first-order chi connectivity index (χ1) is 8.93. The van der Waals surface area contributed by atoms with E-state index < -0.39 is 23.9 Å². The normalized spacial score (nSPS) is 13.1. The topological polar surface area (TPSA) is 81.8 Å². The van der Waals surface area contributed by atoms with E-state index in [1.54, 1.807) is 6.92 Å². The first-order valence-electron chi connectivity index (χ1n) is 5.55. The average Bonchev–Trinajstić information content (AvgIpc) is 2.40. The maximum atomic E-state index is 13.9. The summed E-state index contributed by atoms with van der Waals surface area (Å²) in [6.45, 7) is 1.58. The molecule has 1 aromatic rings. The first kappa shape index (κ1) is 18.8. The lowest BCUT2D eigenvalue weighted by molar-refractivity contribution is -0.149. The van der Waals surface area contributed by atoms with E-state index in [0.29, 0.717) is 0 Å². The number of benzene rings is 1. The van der Waals surface area contributed by atoms with E-state index in [0.717, 1.165) is 0 Å². The highest BCUT2D eigenvalue weighted by atomic mass is 35.5. The molecule has 8 heteroatoms. The highest BCUT2D eigenvalue weighted by molar-refractivity contribution is 6.32. The standard InChI is InChI=1S/C12H15ClFNO4.ClH/c1-3-19-12(17)9(14)10(15)8-7(18-2)5-4-6(13)11(8)16;/h4-5,9-10,16H,3,15H2,1-2H3;1H/t9?,10-;/m1./s1. The van der Waals surface area contributed by atoms with Crippen LogP contribution in [-0.2, 0) is 9.53 Å². The third kappa shape index (κ3) is 3.88. The van der Waals surface area contributed by atoms with Crippen LogP contribution in [0.3, 0.4) is 0 Å². The fraction of sp³-hybridized carbons (Fsp3) is 0.417. The number of alkyl halides is 1. The summed E-state index contributed by atoms with van der Waals surface area (Å²) in [5.74, 6) is -1.38. The minimum Gasteiger partial charge on any atom is -0.506 e. The second kappa shape index (κ2) is 8.14. The lowest BCUT2D eigenvalue weighted by Gasteiger charge is -2.20. The minimum absolute atomic E-state index is 0. The molecule has 0 saturated carbocycles. The smallest absolute Gasteiger partial charge is 0.342 e. The number of hydrogen-bond donors (Lipinski definition) is 2. The summed E-state index contributed by atoms with van der Waals surface area (Å²) < 4.78 is 23.4. The molecular weight excluding hydrogens is 312 g/mol. The van der Waals surface area contributed by atoms with Crippen molar-refractivity contribution < 1.29 is 23.8 Å². The molecular formula is C12H16Cl2FNO4. The molecule has 0 aromatic heterocycles. The van der Waals surface area contributed by atoms with E-state index in [9.17, 15) is 14.3 Å². The molecule has 5 nitrogen and oxygen atoms in total. The SMILES string of the molecule is CCOC(=O)C(F)[C@H](N)c1c(OC)ccc(Cl)c1O.Cl. The molecule has 0 amide bonds. The average molecular weight is 328 g/mol.